The molecule has 3 amide bonds. The molecule has 38 heavy (non-hydrogen) atoms. The number of rotatable bonds is 13. The van der Waals surface area contributed by atoms with E-state index in [4.69, 9.17) is 5.73 Å². The lowest BCUT2D eigenvalue weighted by Gasteiger charge is -2.27. The van der Waals surface area contributed by atoms with Crippen molar-refractivity contribution < 1.29 is 19.5 Å². The smallest absolute Gasteiger partial charge is 0.251 e. The number of nitrogens with two attached hydrogens (primary N) is 1. The number of amides is 3. The molecule has 9 heteroatoms. The molecule has 7 N–H and O–H groups in total. The summed E-state index contributed by atoms with van der Waals surface area (Å²) in [5.41, 5.74) is 8.43. The Labute approximate surface area is 223 Å². The van der Waals surface area contributed by atoms with Gasteiger partial charge in [-0.15, -0.1) is 0 Å². The lowest BCUT2D eigenvalue weighted by atomic mass is 10.00. The van der Waals surface area contributed by atoms with Crippen molar-refractivity contribution in [1.29, 1.82) is 0 Å². The number of aliphatic hydroxyl groups excluding tert-OH is 1. The third kappa shape index (κ3) is 7.66. The van der Waals surface area contributed by atoms with Gasteiger partial charge in [0.2, 0.25) is 11.8 Å². The number of H-pyrrole nitrogens is 1. The minimum Gasteiger partial charge on any atom is -0.381 e. The van der Waals surface area contributed by atoms with Gasteiger partial charge in [-0.25, -0.2) is 0 Å². The Morgan fingerprint density at radius 1 is 0.921 bits per heavy atom. The summed E-state index contributed by atoms with van der Waals surface area (Å²) in [6.07, 6.45) is 2.48. The number of aliphatic hydroxyl groups is 1. The lowest BCUT2D eigenvalue weighted by Crippen LogP contribution is -2.57. The number of nitrogens with one attached hydrogen (secondary N) is 4. The fourth-order valence-electron chi connectivity index (χ4n) is 4.36. The van der Waals surface area contributed by atoms with Crippen LogP contribution in [0.1, 0.15) is 57.2 Å². The molecule has 0 saturated heterocycles. The summed E-state index contributed by atoms with van der Waals surface area (Å²) in [5.74, 6) is -1.53. The first kappa shape index (κ1) is 28.9. The van der Waals surface area contributed by atoms with Crippen LogP contribution < -0.4 is 21.7 Å². The summed E-state index contributed by atoms with van der Waals surface area (Å²) in [6, 6.07) is 14.2. The minimum atomic E-state index is -1.46. The van der Waals surface area contributed by atoms with Crippen molar-refractivity contribution >= 4 is 28.6 Å². The average molecular weight is 522 g/mol. The van der Waals surface area contributed by atoms with E-state index in [0.29, 0.717) is 12.8 Å². The molecule has 0 aliphatic heterocycles. The summed E-state index contributed by atoms with van der Waals surface area (Å²) in [4.78, 5) is 42.1. The van der Waals surface area contributed by atoms with E-state index in [2.05, 4.69) is 20.9 Å². The highest BCUT2D eigenvalue weighted by atomic mass is 16.3. The third-order valence-electron chi connectivity index (χ3n) is 6.65. The van der Waals surface area contributed by atoms with E-state index >= 15 is 0 Å². The number of benzene rings is 2. The highest BCUT2D eigenvalue weighted by Crippen LogP contribution is 2.20. The molecule has 1 unspecified atom stereocenters. The predicted molar refractivity (Wildman–Crippen MR) is 148 cm³/mol. The van der Waals surface area contributed by atoms with Gasteiger partial charge < -0.3 is 31.8 Å². The molecule has 1 heterocycles. The zero-order valence-corrected chi connectivity index (χ0v) is 22.2. The minimum absolute atomic E-state index is 0.210. The Morgan fingerprint density at radius 2 is 1.61 bits per heavy atom. The van der Waals surface area contributed by atoms with E-state index in [-0.39, 0.29) is 12.5 Å². The molecule has 3 aromatic rings. The molecule has 9 nitrogen and oxygen atoms in total. The molecular formula is C29H39N5O4. The summed E-state index contributed by atoms with van der Waals surface area (Å²) < 4.78 is 0. The van der Waals surface area contributed by atoms with Gasteiger partial charge in [-0.05, 0) is 37.5 Å². The highest BCUT2D eigenvalue weighted by molar-refractivity contribution is 5.91. The third-order valence-corrected chi connectivity index (χ3v) is 6.65. The molecule has 0 aliphatic carbocycles. The maximum atomic E-state index is 13.5. The van der Waals surface area contributed by atoms with Crippen LogP contribution in [0.4, 0.5) is 0 Å². The predicted octanol–water partition coefficient (Wildman–Crippen LogP) is 2.46. The molecule has 0 radical (unpaired) electrons. The molecule has 0 spiro atoms. The summed E-state index contributed by atoms with van der Waals surface area (Å²) in [5, 5.41) is 20.3. The molecule has 204 valence electrons. The second-order valence-corrected chi connectivity index (χ2v) is 9.76. The van der Waals surface area contributed by atoms with Gasteiger partial charge >= 0.3 is 0 Å². The van der Waals surface area contributed by atoms with Crippen molar-refractivity contribution in [2.24, 2.45) is 5.73 Å². The van der Waals surface area contributed by atoms with Crippen molar-refractivity contribution in [3.8, 4) is 0 Å². The Kier molecular flexibility index (Phi) is 10.4. The monoisotopic (exact) mass is 521 g/mol. The van der Waals surface area contributed by atoms with Crippen LogP contribution in [-0.4, -0.2) is 52.0 Å². The Morgan fingerprint density at radius 3 is 2.29 bits per heavy atom. The number of carbonyl (C=O) groups excluding carboxylic acids is 3. The Balaban J connectivity index is 1.77. The van der Waals surface area contributed by atoms with E-state index in [1.54, 1.807) is 6.92 Å². The normalized spacial score (nSPS) is 15.2. The fourth-order valence-corrected chi connectivity index (χ4v) is 4.36. The van der Waals surface area contributed by atoms with Gasteiger partial charge in [0.05, 0.1) is 18.1 Å². The van der Waals surface area contributed by atoms with Gasteiger partial charge in [0.1, 0.15) is 6.04 Å². The van der Waals surface area contributed by atoms with E-state index in [0.717, 1.165) is 28.5 Å². The van der Waals surface area contributed by atoms with Crippen molar-refractivity contribution in [2.45, 2.75) is 76.7 Å². The molecular weight excluding hydrogens is 482 g/mol. The zero-order valence-electron chi connectivity index (χ0n) is 22.2. The van der Waals surface area contributed by atoms with Crippen LogP contribution in [0, 0.1) is 0 Å². The van der Waals surface area contributed by atoms with Crippen molar-refractivity contribution in [1.82, 2.24) is 20.9 Å². The van der Waals surface area contributed by atoms with Crippen LogP contribution in [0.5, 0.6) is 0 Å². The number of hydrogen-bond acceptors (Lipinski definition) is 5. The standard InChI is InChI=1S/C29H39N5O4/c1-4-5-14-24(26(35)29(38)32-19(3)20-11-7-6-8-12-20)33-28(37)25(34-27(36)18(2)30)16-21-17-31-23-15-10-9-13-22(21)23/h6-13,15,17-19,24-26,31,35H,4-5,14,16,30H2,1-3H3,(H,32,38)(H,33,37)(H,34,36)/t18-,19+,24-,25-,26?/m0/s1. The number of carbonyl (C=O) groups is 3. The van der Waals surface area contributed by atoms with Crippen LogP contribution >= 0.6 is 0 Å². The largest absolute Gasteiger partial charge is 0.381 e. The SMILES string of the molecule is CCCC[C@H](NC(=O)[C@H](Cc1c[nH]c2ccccc12)NC(=O)[C@H](C)N)C(O)C(=O)N[C@H](C)c1ccccc1. The molecule has 0 bridgehead atoms. The topological polar surface area (TPSA) is 149 Å². The second kappa shape index (κ2) is 13.7. The van der Waals surface area contributed by atoms with Crippen LogP contribution in [0.2, 0.25) is 0 Å². The van der Waals surface area contributed by atoms with Crippen LogP contribution in [0.3, 0.4) is 0 Å². The maximum Gasteiger partial charge on any atom is 0.251 e. The number of unbranched alkanes of at least 4 members (excludes halogenated alkanes) is 1. The first-order valence-corrected chi connectivity index (χ1v) is 13.2. The number of aromatic amines is 1. The van der Waals surface area contributed by atoms with Gasteiger partial charge in [-0.2, -0.15) is 0 Å². The quantitative estimate of drug-likeness (QED) is 0.204. The molecule has 0 fully saturated rings. The number of para-hydroxylation sites is 1. The molecule has 0 saturated carbocycles. The first-order chi connectivity index (χ1) is 18.2. The highest BCUT2D eigenvalue weighted by Gasteiger charge is 2.31. The van der Waals surface area contributed by atoms with Crippen molar-refractivity contribution in [2.75, 3.05) is 0 Å². The van der Waals surface area contributed by atoms with Gasteiger partial charge in [-0.3, -0.25) is 14.4 Å². The van der Waals surface area contributed by atoms with Gasteiger partial charge in [-0.1, -0.05) is 68.3 Å². The van der Waals surface area contributed by atoms with Crippen molar-refractivity contribution in [3.05, 3.63) is 71.9 Å². The van der Waals surface area contributed by atoms with E-state index < -0.39 is 42.0 Å². The van der Waals surface area contributed by atoms with Gasteiger partial charge in [0, 0.05) is 23.5 Å². The molecule has 3 rings (SSSR count). The fraction of sp³-hybridized carbons (Fsp3) is 0.414. The molecule has 1 aromatic heterocycles. The van der Waals surface area contributed by atoms with Gasteiger partial charge in [0.25, 0.3) is 5.91 Å². The summed E-state index contributed by atoms with van der Waals surface area (Å²) in [7, 11) is 0. The molecule has 2 aromatic carbocycles. The van der Waals surface area contributed by atoms with E-state index in [1.165, 1.54) is 0 Å². The van der Waals surface area contributed by atoms with E-state index in [9.17, 15) is 19.5 Å². The summed E-state index contributed by atoms with van der Waals surface area (Å²) in [6.45, 7) is 5.37. The number of aromatic nitrogens is 1. The first-order valence-electron chi connectivity index (χ1n) is 13.2. The van der Waals surface area contributed by atoms with E-state index in [1.807, 2.05) is 74.6 Å². The molecule has 0 aliphatic rings. The number of hydrogen-bond donors (Lipinski definition) is 6. The Hall–Kier alpha value is -3.69. The van der Waals surface area contributed by atoms with Crippen molar-refractivity contribution in [3.63, 3.8) is 0 Å². The maximum absolute atomic E-state index is 13.5. The van der Waals surface area contributed by atoms with Gasteiger partial charge in [0.15, 0.2) is 6.10 Å². The zero-order chi connectivity index (χ0) is 27.7. The molecule has 5 atom stereocenters. The average Bonchev–Trinajstić information content (AvgIpc) is 3.33. The summed E-state index contributed by atoms with van der Waals surface area (Å²) >= 11 is 0. The lowest BCUT2D eigenvalue weighted by molar-refractivity contribution is -0.134. The second-order valence-electron chi connectivity index (χ2n) is 9.76. The Bertz CT molecular complexity index is 1210. The van der Waals surface area contributed by atoms with Crippen LogP contribution in [0.15, 0.2) is 60.8 Å². The van der Waals surface area contributed by atoms with Crippen LogP contribution in [-0.2, 0) is 20.8 Å². The van der Waals surface area contributed by atoms with Crippen LogP contribution in [0.25, 0.3) is 10.9 Å². The number of fused-ring (bicyclic) bond motifs is 1.